The van der Waals surface area contributed by atoms with Gasteiger partial charge in [-0.25, -0.2) is 9.97 Å². The summed E-state index contributed by atoms with van der Waals surface area (Å²) >= 11 is 6.04. The van der Waals surface area contributed by atoms with E-state index in [0.717, 1.165) is 71.9 Å². The van der Waals surface area contributed by atoms with Crippen molar-refractivity contribution in [2.24, 2.45) is 0 Å². The summed E-state index contributed by atoms with van der Waals surface area (Å²) in [5.74, 6) is 0.0162. The van der Waals surface area contributed by atoms with Crippen LogP contribution in [0.3, 0.4) is 0 Å². The first kappa shape index (κ1) is 29.6. The molecule has 2 aliphatic rings. The number of nitrogens with zero attached hydrogens (tertiary/aromatic N) is 6. The Morgan fingerprint density at radius 2 is 1.47 bits per heavy atom. The third-order valence-corrected chi connectivity index (χ3v) is 7.96. The van der Waals surface area contributed by atoms with E-state index in [1.165, 1.54) is 4.90 Å². The van der Waals surface area contributed by atoms with E-state index in [-0.39, 0.29) is 36.0 Å². The summed E-state index contributed by atoms with van der Waals surface area (Å²) in [4.78, 5) is 21.1. The van der Waals surface area contributed by atoms with Gasteiger partial charge in [-0.2, -0.15) is 31.3 Å². The number of aryl methyl sites for hydroxylation is 1. The van der Waals surface area contributed by atoms with Gasteiger partial charge in [0.2, 0.25) is 11.2 Å². The lowest BCUT2D eigenvalue weighted by atomic mass is 10.0. The molecule has 0 atom stereocenters. The number of aromatic nitrogens is 4. The molecule has 6 nitrogen and oxygen atoms in total. The van der Waals surface area contributed by atoms with Crippen LogP contribution in [0.1, 0.15) is 59.2 Å². The Hall–Kier alpha value is -3.51. The molecule has 2 aromatic carbocycles. The van der Waals surface area contributed by atoms with Gasteiger partial charge in [-0.15, -0.1) is 0 Å². The first-order valence-electron chi connectivity index (χ1n) is 13.9. The van der Waals surface area contributed by atoms with Crippen molar-refractivity contribution in [3.8, 4) is 0 Å². The molecule has 0 radical (unpaired) electrons. The smallest absolute Gasteiger partial charge is 0.332 e. The third kappa shape index (κ3) is 6.85. The summed E-state index contributed by atoms with van der Waals surface area (Å²) in [5, 5.41) is 0.714. The minimum absolute atomic E-state index is 0.0162. The van der Waals surface area contributed by atoms with Crippen molar-refractivity contribution in [1.29, 1.82) is 0 Å². The Balaban J connectivity index is 1.43. The quantitative estimate of drug-likeness (QED) is 0.178. The van der Waals surface area contributed by atoms with E-state index in [4.69, 9.17) is 16.6 Å². The summed E-state index contributed by atoms with van der Waals surface area (Å²) < 4.78 is 81.9. The molecule has 2 aliphatic carbocycles. The van der Waals surface area contributed by atoms with Gasteiger partial charge < -0.3 is 4.90 Å². The SMILES string of the molecule is Cc1cccc2cc(CN(Cc3cc(C(F)(F)F)cc(C(F)(F)F)c3)c3ncnc(Cl)n3)c(CN(C3CC3)C3CC3)nc12. The van der Waals surface area contributed by atoms with Gasteiger partial charge in [0.15, 0.2) is 0 Å². The maximum absolute atomic E-state index is 13.6. The van der Waals surface area contributed by atoms with Gasteiger partial charge in [0.25, 0.3) is 0 Å². The second-order valence-electron chi connectivity index (χ2n) is 11.2. The first-order valence-corrected chi connectivity index (χ1v) is 14.2. The molecule has 226 valence electrons. The highest BCUT2D eigenvalue weighted by Crippen LogP contribution is 2.40. The summed E-state index contributed by atoms with van der Waals surface area (Å²) in [6.07, 6.45) is -4.33. The number of fused-ring (bicyclic) bond motifs is 1. The molecule has 0 bridgehead atoms. The molecule has 2 aromatic heterocycles. The summed E-state index contributed by atoms with van der Waals surface area (Å²) in [6.45, 7) is 2.27. The van der Waals surface area contributed by atoms with Gasteiger partial charge in [-0.05, 0) is 85.2 Å². The standard InChI is InChI=1S/C30H27ClF6N6/c1-17-3-2-4-19-11-20(25(40-26(17)19)15-43(23-5-6-23)24-7-8-24)14-42(28-39-16-38-27(31)41-28)13-18-9-21(29(32,33)34)12-22(10-18)30(35,36)37/h2-4,9-12,16,23-24H,5-8,13-15H2,1H3. The monoisotopic (exact) mass is 620 g/mol. The third-order valence-electron chi connectivity index (χ3n) is 7.77. The van der Waals surface area contributed by atoms with Crippen molar-refractivity contribution in [2.45, 2.75) is 76.7 Å². The van der Waals surface area contributed by atoms with E-state index in [1.54, 1.807) is 0 Å². The van der Waals surface area contributed by atoms with E-state index < -0.39 is 23.5 Å². The average Bonchev–Trinajstić information content (AvgIpc) is 3.85. The summed E-state index contributed by atoms with van der Waals surface area (Å²) in [7, 11) is 0. The van der Waals surface area contributed by atoms with E-state index in [0.29, 0.717) is 18.6 Å². The average molecular weight is 621 g/mol. The molecule has 2 saturated carbocycles. The van der Waals surface area contributed by atoms with Crippen LogP contribution in [0.25, 0.3) is 10.9 Å². The molecule has 0 unspecified atom stereocenters. The van der Waals surface area contributed by atoms with Crippen molar-refractivity contribution < 1.29 is 26.3 Å². The number of alkyl halides is 6. The topological polar surface area (TPSA) is 58.0 Å². The molecule has 0 spiro atoms. The lowest BCUT2D eigenvalue weighted by Crippen LogP contribution is -2.30. The van der Waals surface area contributed by atoms with Crippen LogP contribution in [0.15, 0.2) is 48.8 Å². The van der Waals surface area contributed by atoms with E-state index in [9.17, 15) is 26.3 Å². The second kappa shape index (κ2) is 11.2. The Labute approximate surface area is 248 Å². The van der Waals surface area contributed by atoms with Crippen LogP contribution in [0.4, 0.5) is 32.3 Å². The van der Waals surface area contributed by atoms with E-state index in [1.807, 2.05) is 31.2 Å². The molecule has 0 saturated heterocycles. The Morgan fingerprint density at radius 3 is 2.05 bits per heavy atom. The van der Waals surface area contributed by atoms with Crippen LogP contribution in [-0.4, -0.2) is 36.9 Å². The number of rotatable bonds is 9. The van der Waals surface area contributed by atoms with Crippen molar-refractivity contribution in [1.82, 2.24) is 24.8 Å². The van der Waals surface area contributed by atoms with Crippen molar-refractivity contribution in [2.75, 3.05) is 4.90 Å². The number of halogens is 7. The summed E-state index contributed by atoms with van der Waals surface area (Å²) in [6, 6.07) is 10.3. The van der Waals surface area contributed by atoms with Crippen LogP contribution in [0.2, 0.25) is 5.28 Å². The van der Waals surface area contributed by atoms with Crippen LogP contribution >= 0.6 is 11.6 Å². The lowest BCUT2D eigenvalue weighted by Gasteiger charge is -2.27. The van der Waals surface area contributed by atoms with Crippen molar-refractivity contribution in [3.05, 3.63) is 87.6 Å². The van der Waals surface area contributed by atoms with Crippen molar-refractivity contribution in [3.63, 3.8) is 0 Å². The molecular weight excluding hydrogens is 594 g/mol. The zero-order valence-corrected chi connectivity index (χ0v) is 23.8. The van der Waals surface area contributed by atoms with Crippen LogP contribution < -0.4 is 4.90 Å². The van der Waals surface area contributed by atoms with Crippen LogP contribution in [-0.2, 0) is 32.0 Å². The molecule has 43 heavy (non-hydrogen) atoms. The summed E-state index contributed by atoms with van der Waals surface area (Å²) in [5.41, 5.74) is 0.421. The van der Waals surface area contributed by atoms with Gasteiger partial charge in [0.1, 0.15) is 6.33 Å². The normalized spacial score (nSPS) is 15.8. The maximum Gasteiger partial charge on any atom is 0.416 e. The molecule has 2 heterocycles. The molecule has 6 rings (SSSR count). The molecule has 13 heteroatoms. The molecule has 0 amide bonds. The number of pyridine rings is 1. The maximum atomic E-state index is 13.6. The Kier molecular flexibility index (Phi) is 7.70. The Morgan fingerprint density at radius 1 is 0.814 bits per heavy atom. The predicted octanol–water partition coefficient (Wildman–Crippen LogP) is 7.75. The fraction of sp³-hybridized carbons (Fsp3) is 0.400. The lowest BCUT2D eigenvalue weighted by molar-refractivity contribution is -0.143. The number of para-hydroxylation sites is 1. The predicted molar refractivity (Wildman–Crippen MR) is 149 cm³/mol. The number of benzene rings is 2. The van der Waals surface area contributed by atoms with Gasteiger partial charge >= 0.3 is 12.4 Å². The van der Waals surface area contributed by atoms with Gasteiger partial charge in [-0.3, -0.25) is 9.88 Å². The number of anilines is 1. The highest BCUT2D eigenvalue weighted by atomic mass is 35.5. The van der Waals surface area contributed by atoms with Crippen molar-refractivity contribution >= 4 is 28.5 Å². The fourth-order valence-electron chi connectivity index (χ4n) is 5.40. The highest BCUT2D eigenvalue weighted by molar-refractivity contribution is 6.28. The van der Waals surface area contributed by atoms with Gasteiger partial charge in [0, 0.05) is 37.1 Å². The van der Waals surface area contributed by atoms with Gasteiger partial charge in [-0.1, -0.05) is 18.2 Å². The highest BCUT2D eigenvalue weighted by Gasteiger charge is 2.40. The zero-order chi connectivity index (χ0) is 30.5. The second-order valence-corrected chi connectivity index (χ2v) is 11.5. The number of hydrogen-bond donors (Lipinski definition) is 0. The van der Waals surface area contributed by atoms with E-state index >= 15 is 0 Å². The molecule has 4 aromatic rings. The van der Waals surface area contributed by atoms with Crippen LogP contribution in [0, 0.1) is 6.92 Å². The molecule has 0 aliphatic heterocycles. The number of hydrogen-bond acceptors (Lipinski definition) is 6. The molecule has 0 N–H and O–H groups in total. The largest absolute Gasteiger partial charge is 0.416 e. The Bertz CT molecular complexity index is 1610. The van der Waals surface area contributed by atoms with E-state index in [2.05, 4.69) is 19.9 Å². The molecular formula is C30H27ClF6N6. The molecule has 2 fully saturated rings. The van der Waals surface area contributed by atoms with Crippen LogP contribution in [0.5, 0.6) is 0 Å². The minimum Gasteiger partial charge on any atom is -0.332 e. The zero-order valence-electron chi connectivity index (χ0n) is 23.1. The minimum atomic E-state index is -4.97. The first-order chi connectivity index (χ1) is 20.3. The fourth-order valence-corrected chi connectivity index (χ4v) is 5.52. The van der Waals surface area contributed by atoms with Gasteiger partial charge in [0.05, 0.1) is 22.3 Å².